The number of nitrogens with one attached hydrogen (secondary N) is 1. The van der Waals surface area contributed by atoms with E-state index >= 15 is 0 Å². The van der Waals surface area contributed by atoms with E-state index in [1.165, 1.54) is 12.1 Å². The number of nitrogens with zero attached hydrogens (tertiary/aromatic N) is 1. The van der Waals surface area contributed by atoms with Gasteiger partial charge in [-0.2, -0.15) is 0 Å². The Kier molecular flexibility index (Phi) is 7.83. The van der Waals surface area contributed by atoms with Gasteiger partial charge in [0.05, 0.1) is 0 Å². The van der Waals surface area contributed by atoms with Gasteiger partial charge in [-0.05, 0) is 52.4 Å². The molecule has 0 aromatic heterocycles. The molecule has 0 heterocycles. The molecule has 0 aliphatic heterocycles. The Morgan fingerprint density at radius 2 is 1.81 bits per heavy atom. The molecule has 0 aliphatic carbocycles. The summed E-state index contributed by atoms with van der Waals surface area (Å²) in [7, 11) is 0. The van der Waals surface area contributed by atoms with E-state index < -0.39 is 11.6 Å². The molecule has 0 aliphatic rings. The molecule has 21 heavy (non-hydrogen) atoms. The first-order valence-corrected chi connectivity index (χ1v) is 7.91. The van der Waals surface area contributed by atoms with Crippen LogP contribution in [0.25, 0.3) is 0 Å². The predicted molar refractivity (Wildman–Crippen MR) is 84.4 cm³/mol. The minimum Gasteiger partial charge on any atom is -0.308 e. The van der Waals surface area contributed by atoms with E-state index in [4.69, 9.17) is 0 Å². The zero-order valence-electron chi connectivity index (χ0n) is 13.6. The van der Waals surface area contributed by atoms with Crippen molar-refractivity contribution in [1.29, 1.82) is 0 Å². The average molecular weight is 298 g/mol. The lowest BCUT2D eigenvalue weighted by Gasteiger charge is -2.23. The molecule has 2 atom stereocenters. The standard InChI is InChI=1S/C17H28F2N2/c1-5-21(6-2)11-7-8-13(3)20-14(4)16-10-9-15(18)12-17(16)19/h9-10,12-14,20H,5-8,11H2,1-4H3. The van der Waals surface area contributed by atoms with Crippen LogP contribution in [0.15, 0.2) is 18.2 Å². The van der Waals surface area contributed by atoms with E-state index in [-0.39, 0.29) is 6.04 Å². The Balaban J connectivity index is 2.41. The third kappa shape index (κ3) is 6.10. The Labute approximate surface area is 127 Å². The summed E-state index contributed by atoms with van der Waals surface area (Å²) in [6, 6.07) is 3.96. The quantitative estimate of drug-likeness (QED) is 0.737. The maximum absolute atomic E-state index is 13.7. The number of benzene rings is 1. The van der Waals surface area contributed by atoms with Crippen molar-refractivity contribution in [3.63, 3.8) is 0 Å². The van der Waals surface area contributed by atoms with Crippen LogP contribution in [0.1, 0.15) is 52.1 Å². The van der Waals surface area contributed by atoms with Gasteiger partial charge in [0, 0.05) is 23.7 Å². The van der Waals surface area contributed by atoms with Crippen molar-refractivity contribution in [1.82, 2.24) is 10.2 Å². The van der Waals surface area contributed by atoms with Crippen molar-refractivity contribution >= 4 is 0 Å². The SMILES string of the molecule is CCN(CC)CCCC(C)NC(C)c1ccc(F)cc1F. The zero-order chi connectivity index (χ0) is 15.8. The van der Waals surface area contributed by atoms with Gasteiger partial charge in [-0.15, -0.1) is 0 Å². The first-order valence-electron chi connectivity index (χ1n) is 7.91. The number of hydrogen-bond acceptors (Lipinski definition) is 2. The smallest absolute Gasteiger partial charge is 0.130 e. The van der Waals surface area contributed by atoms with Gasteiger partial charge in [0.1, 0.15) is 11.6 Å². The minimum absolute atomic E-state index is 0.117. The molecule has 120 valence electrons. The van der Waals surface area contributed by atoms with Crippen LogP contribution in [0.3, 0.4) is 0 Å². The lowest BCUT2D eigenvalue weighted by Crippen LogP contribution is -2.31. The first-order chi connectivity index (χ1) is 9.97. The van der Waals surface area contributed by atoms with Crippen LogP contribution in [0, 0.1) is 11.6 Å². The van der Waals surface area contributed by atoms with Crippen molar-refractivity contribution in [2.24, 2.45) is 0 Å². The highest BCUT2D eigenvalue weighted by molar-refractivity contribution is 5.21. The second-order valence-electron chi connectivity index (χ2n) is 5.62. The van der Waals surface area contributed by atoms with E-state index in [1.54, 1.807) is 0 Å². The highest BCUT2D eigenvalue weighted by atomic mass is 19.1. The molecule has 2 nitrogen and oxygen atoms in total. The summed E-state index contributed by atoms with van der Waals surface area (Å²) >= 11 is 0. The van der Waals surface area contributed by atoms with Crippen molar-refractivity contribution in [3.05, 3.63) is 35.4 Å². The zero-order valence-corrected chi connectivity index (χ0v) is 13.6. The molecule has 0 radical (unpaired) electrons. The molecule has 0 bridgehead atoms. The summed E-state index contributed by atoms with van der Waals surface area (Å²) in [5.74, 6) is -1.01. The van der Waals surface area contributed by atoms with Crippen LogP contribution in [0.2, 0.25) is 0 Å². The highest BCUT2D eigenvalue weighted by Gasteiger charge is 2.14. The van der Waals surface area contributed by atoms with E-state index in [0.29, 0.717) is 11.6 Å². The van der Waals surface area contributed by atoms with Gasteiger partial charge in [-0.3, -0.25) is 0 Å². The molecule has 0 spiro atoms. The van der Waals surface area contributed by atoms with Crippen molar-refractivity contribution < 1.29 is 8.78 Å². The molecule has 1 N–H and O–H groups in total. The molecule has 0 saturated heterocycles. The molecular weight excluding hydrogens is 270 g/mol. The Bertz CT molecular complexity index is 419. The van der Waals surface area contributed by atoms with Crippen LogP contribution in [-0.2, 0) is 0 Å². The molecule has 1 rings (SSSR count). The first kappa shape index (κ1) is 18.1. The number of rotatable bonds is 9. The molecule has 4 heteroatoms. The number of halogens is 2. The van der Waals surface area contributed by atoms with Gasteiger partial charge in [-0.25, -0.2) is 8.78 Å². The summed E-state index contributed by atoms with van der Waals surface area (Å²) in [6.45, 7) is 11.6. The Morgan fingerprint density at radius 1 is 1.14 bits per heavy atom. The molecule has 0 saturated carbocycles. The van der Waals surface area contributed by atoms with Crippen LogP contribution in [0.4, 0.5) is 8.78 Å². The highest BCUT2D eigenvalue weighted by Crippen LogP contribution is 2.18. The van der Waals surface area contributed by atoms with E-state index in [0.717, 1.165) is 38.5 Å². The lowest BCUT2D eigenvalue weighted by molar-refractivity contribution is 0.288. The van der Waals surface area contributed by atoms with E-state index in [1.807, 2.05) is 6.92 Å². The van der Waals surface area contributed by atoms with Gasteiger partial charge >= 0.3 is 0 Å². The minimum atomic E-state index is -0.532. The fourth-order valence-electron chi connectivity index (χ4n) is 2.61. The molecule has 2 unspecified atom stereocenters. The fourth-order valence-corrected chi connectivity index (χ4v) is 2.61. The molecular formula is C17H28F2N2. The second-order valence-corrected chi connectivity index (χ2v) is 5.62. The van der Waals surface area contributed by atoms with E-state index in [2.05, 4.69) is 31.0 Å². The molecule has 0 amide bonds. The summed E-state index contributed by atoms with van der Waals surface area (Å²) in [5, 5.41) is 3.39. The van der Waals surface area contributed by atoms with Crippen LogP contribution in [0.5, 0.6) is 0 Å². The topological polar surface area (TPSA) is 15.3 Å². The van der Waals surface area contributed by atoms with Crippen LogP contribution < -0.4 is 5.32 Å². The third-order valence-corrected chi connectivity index (χ3v) is 3.97. The summed E-state index contributed by atoms with van der Waals surface area (Å²) in [4.78, 5) is 2.40. The van der Waals surface area contributed by atoms with Gasteiger partial charge < -0.3 is 10.2 Å². The Hall–Kier alpha value is -1.00. The van der Waals surface area contributed by atoms with Crippen molar-refractivity contribution in [3.8, 4) is 0 Å². The molecule has 0 fully saturated rings. The third-order valence-electron chi connectivity index (χ3n) is 3.97. The summed E-state index contributed by atoms with van der Waals surface area (Å²) in [5.41, 5.74) is 0.520. The van der Waals surface area contributed by atoms with Crippen LogP contribution >= 0.6 is 0 Å². The van der Waals surface area contributed by atoms with Gasteiger partial charge in [0.25, 0.3) is 0 Å². The predicted octanol–water partition coefficient (Wildman–Crippen LogP) is 4.13. The molecule has 1 aromatic rings. The van der Waals surface area contributed by atoms with Gasteiger partial charge in [-0.1, -0.05) is 19.9 Å². The molecule has 1 aromatic carbocycles. The van der Waals surface area contributed by atoms with Crippen molar-refractivity contribution in [2.75, 3.05) is 19.6 Å². The second kappa shape index (κ2) is 9.11. The number of hydrogen-bond donors (Lipinski definition) is 1. The Morgan fingerprint density at radius 3 is 2.38 bits per heavy atom. The summed E-state index contributed by atoms with van der Waals surface area (Å²) < 4.78 is 26.6. The fraction of sp³-hybridized carbons (Fsp3) is 0.647. The van der Waals surface area contributed by atoms with Crippen LogP contribution in [-0.4, -0.2) is 30.6 Å². The monoisotopic (exact) mass is 298 g/mol. The van der Waals surface area contributed by atoms with Gasteiger partial charge in [0.15, 0.2) is 0 Å². The largest absolute Gasteiger partial charge is 0.308 e. The van der Waals surface area contributed by atoms with Gasteiger partial charge in [0.2, 0.25) is 0 Å². The lowest BCUT2D eigenvalue weighted by atomic mass is 10.1. The normalized spacial score (nSPS) is 14.4. The maximum Gasteiger partial charge on any atom is 0.130 e. The average Bonchev–Trinajstić information content (AvgIpc) is 2.43. The van der Waals surface area contributed by atoms with Crippen molar-refractivity contribution in [2.45, 2.75) is 52.6 Å². The maximum atomic E-state index is 13.7. The van der Waals surface area contributed by atoms with E-state index in [9.17, 15) is 8.78 Å². The summed E-state index contributed by atoms with van der Waals surface area (Å²) in [6.07, 6.45) is 2.16.